The summed E-state index contributed by atoms with van der Waals surface area (Å²) in [5, 5.41) is 3.06. The number of rotatable bonds is 5. The Morgan fingerprint density at radius 3 is 2.11 bits per heavy atom. The molecule has 0 aromatic carbocycles. The van der Waals surface area contributed by atoms with E-state index in [0.717, 1.165) is 38.8 Å². The summed E-state index contributed by atoms with van der Waals surface area (Å²) in [6.45, 7) is 9.50. The van der Waals surface area contributed by atoms with Crippen molar-refractivity contribution in [3.63, 3.8) is 0 Å². The molecule has 1 aliphatic heterocycles. The van der Waals surface area contributed by atoms with Gasteiger partial charge < -0.3 is 10.2 Å². The number of piperidine rings is 1. The molecular formula is C15H28N2O2. The number of carbonyl (C=O) groups excluding carboxylic acids is 2. The molecule has 0 atom stereocenters. The van der Waals surface area contributed by atoms with E-state index < -0.39 is 0 Å². The Morgan fingerprint density at radius 1 is 1.16 bits per heavy atom. The van der Waals surface area contributed by atoms with E-state index in [1.165, 1.54) is 0 Å². The molecule has 4 nitrogen and oxygen atoms in total. The molecule has 0 unspecified atom stereocenters. The van der Waals surface area contributed by atoms with Crippen LogP contribution < -0.4 is 5.32 Å². The van der Waals surface area contributed by atoms with Crippen LogP contribution in [0.25, 0.3) is 0 Å². The van der Waals surface area contributed by atoms with Gasteiger partial charge in [0, 0.05) is 31.0 Å². The Balaban J connectivity index is 2.40. The van der Waals surface area contributed by atoms with Crippen LogP contribution in [0.1, 0.15) is 53.4 Å². The van der Waals surface area contributed by atoms with Crippen LogP contribution in [0.5, 0.6) is 0 Å². The number of hydrogen-bond donors (Lipinski definition) is 1. The lowest BCUT2D eigenvalue weighted by atomic mass is 9.98. The molecule has 1 fully saturated rings. The van der Waals surface area contributed by atoms with Crippen LogP contribution in [0, 0.1) is 11.8 Å². The minimum Gasteiger partial charge on any atom is -0.353 e. The van der Waals surface area contributed by atoms with E-state index in [-0.39, 0.29) is 23.8 Å². The van der Waals surface area contributed by atoms with Gasteiger partial charge in [-0.05, 0) is 25.7 Å². The standard InChI is InChI=1S/C15H28N2O2/c1-5-12(6-2)15(19)17-9-7-13(8-10-17)16-14(18)11(3)4/h11-13H,5-10H2,1-4H3,(H,16,18). The van der Waals surface area contributed by atoms with Crippen molar-refractivity contribution < 1.29 is 9.59 Å². The maximum Gasteiger partial charge on any atom is 0.225 e. The van der Waals surface area contributed by atoms with Gasteiger partial charge in [0.05, 0.1) is 0 Å². The van der Waals surface area contributed by atoms with E-state index in [0.29, 0.717) is 5.91 Å². The van der Waals surface area contributed by atoms with E-state index in [1.54, 1.807) is 0 Å². The summed E-state index contributed by atoms with van der Waals surface area (Å²) < 4.78 is 0. The van der Waals surface area contributed by atoms with Crippen LogP contribution in [-0.4, -0.2) is 35.8 Å². The first kappa shape index (κ1) is 16.0. The summed E-state index contributed by atoms with van der Waals surface area (Å²) in [4.78, 5) is 25.8. The summed E-state index contributed by atoms with van der Waals surface area (Å²) in [6.07, 6.45) is 3.59. The van der Waals surface area contributed by atoms with Crippen molar-refractivity contribution in [1.82, 2.24) is 10.2 Å². The van der Waals surface area contributed by atoms with Crippen molar-refractivity contribution >= 4 is 11.8 Å². The molecule has 1 heterocycles. The zero-order valence-electron chi connectivity index (χ0n) is 12.7. The molecule has 0 aromatic heterocycles. The Bertz CT molecular complexity index is 303. The highest BCUT2D eigenvalue weighted by atomic mass is 16.2. The second kappa shape index (κ2) is 7.51. The third kappa shape index (κ3) is 4.51. The van der Waals surface area contributed by atoms with Gasteiger partial charge in [0.1, 0.15) is 0 Å². The smallest absolute Gasteiger partial charge is 0.225 e. The van der Waals surface area contributed by atoms with Gasteiger partial charge in [-0.25, -0.2) is 0 Å². The summed E-state index contributed by atoms with van der Waals surface area (Å²) in [6, 6.07) is 0.237. The van der Waals surface area contributed by atoms with E-state index in [4.69, 9.17) is 0 Å². The van der Waals surface area contributed by atoms with E-state index in [2.05, 4.69) is 19.2 Å². The third-order valence-electron chi connectivity index (χ3n) is 4.01. The van der Waals surface area contributed by atoms with E-state index >= 15 is 0 Å². The second-order valence-electron chi connectivity index (χ2n) is 5.78. The average molecular weight is 268 g/mol. The van der Waals surface area contributed by atoms with Gasteiger partial charge in [-0.3, -0.25) is 9.59 Å². The van der Waals surface area contributed by atoms with Crippen LogP contribution in [0.3, 0.4) is 0 Å². The number of carbonyl (C=O) groups is 2. The first-order valence-corrected chi connectivity index (χ1v) is 7.58. The summed E-state index contributed by atoms with van der Waals surface area (Å²) in [7, 11) is 0. The molecule has 4 heteroatoms. The highest BCUT2D eigenvalue weighted by Gasteiger charge is 2.27. The highest BCUT2D eigenvalue weighted by molar-refractivity contribution is 5.79. The van der Waals surface area contributed by atoms with E-state index in [9.17, 15) is 9.59 Å². The Labute approximate surface area is 116 Å². The van der Waals surface area contributed by atoms with Crippen molar-refractivity contribution in [2.75, 3.05) is 13.1 Å². The molecule has 1 rings (SSSR count). The fourth-order valence-corrected chi connectivity index (χ4v) is 2.51. The molecular weight excluding hydrogens is 240 g/mol. The van der Waals surface area contributed by atoms with Crippen LogP contribution in [0.2, 0.25) is 0 Å². The molecule has 2 amide bonds. The molecule has 0 spiro atoms. The van der Waals surface area contributed by atoms with E-state index in [1.807, 2.05) is 18.7 Å². The van der Waals surface area contributed by atoms with Crippen LogP contribution in [0.15, 0.2) is 0 Å². The van der Waals surface area contributed by atoms with Gasteiger partial charge in [0.25, 0.3) is 0 Å². The first-order valence-electron chi connectivity index (χ1n) is 7.58. The quantitative estimate of drug-likeness (QED) is 0.831. The summed E-state index contributed by atoms with van der Waals surface area (Å²) >= 11 is 0. The molecule has 0 radical (unpaired) electrons. The molecule has 19 heavy (non-hydrogen) atoms. The van der Waals surface area contributed by atoms with Crippen LogP contribution in [-0.2, 0) is 9.59 Å². The number of likely N-dealkylation sites (tertiary alicyclic amines) is 1. The second-order valence-corrected chi connectivity index (χ2v) is 5.78. The topological polar surface area (TPSA) is 49.4 Å². The molecule has 0 saturated carbocycles. The average Bonchev–Trinajstić information content (AvgIpc) is 2.40. The predicted octanol–water partition coefficient (Wildman–Crippen LogP) is 2.19. The number of amides is 2. The highest BCUT2D eigenvalue weighted by Crippen LogP contribution is 2.17. The molecule has 0 aromatic rings. The SMILES string of the molecule is CCC(CC)C(=O)N1CCC(NC(=O)C(C)C)CC1. The fraction of sp³-hybridized carbons (Fsp3) is 0.867. The zero-order valence-corrected chi connectivity index (χ0v) is 12.7. The lowest BCUT2D eigenvalue weighted by Crippen LogP contribution is -2.48. The summed E-state index contributed by atoms with van der Waals surface area (Å²) in [5.74, 6) is 0.606. The van der Waals surface area contributed by atoms with Gasteiger partial charge >= 0.3 is 0 Å². The molecule has 1 saturated heterocycles. The predicted molar refractivity (Wildman–Crippen MR) is 76.7 cm³/mol. The van der Waals surface area contributed by atoms with Crippen LogP contribution in [0.4, 0.5) is 0 Å². The minimum atomic E-state index is 0.0317. The maximum absolute atomic E-state index is 12.2. The Kier molecular flexibility index (Phi) is 6.32. The lowest BCUT2D eigenvalue weighted by molar-refractivity contribution is -0.137. The number of nitrogens with zero attached hydrogens (tertiary/aromatic N) is 1. The van der Waals surface area contributed by atoms with Gasteiger partial charge in [-0.1, -0.05) is 27.7 Å². The summed E-state index contributed by atoms with van der Waals surface area (Å²) in [5.41, 5.74) is 0. The molecule has 110 valence electrons. The van der Waals surface area contributed by atoms with Gasteiger partial charge in [-0.2, -0.15) is 0 Å². The number of nitrogens with one attached hydrogen (secondary N) is 1. The van der Waals surface area contributed by atoms with Gasteiger partial charge in [0.2, 0.25) is 11.8 Å². The fourth-order valence-electron chi connectivity index (χ4n) is 2.51. The molecule has 1 N–H and O–H groups in total. The Morgan fingerprint density at radius 2 is 1.68 bits per heavy atom. The van der Waals surface area contributed by atoms with Crippen LogP contribution >= 0.6 is 0 Å². The third-order valence-corrected chi connectivity index (χ3v) is 4.01. The number of hydrogen-bond acceptors (Lipinski definition) is 2. The van der Waals surface area contributed by atoms with Gasteiger partial charge in [0.15, 0.2) is 0 Å². The van der Waals surface area contributed by atoms with Crippen molar-refractivity contribution in [2.24, 2.45) is 11.8 Å². The monoisotopic (exact) mass is 268 g/mol. The van der Waals surface area contributed by atoms with Crippen molar-refractivity contribution in [3.05, 3.63) is 0 Å². The van der Waals surface area contributed by atoms with Crippen molar-refractivity contribution in [3.8, 4) is 0 Å². The largest absolute Gasteiger partial charge is 0.353 e. The first-order chi connectivity index (χ1) is 8.99. The van der Waals surface area contributed by atoms with Gasteiger partial charge in [-0.15, -0.1) is 0 Å². The maximum atomic E-state index is 12.2. The normalized spacial score (nSPS) is 17.1. The molecule has 0 aliphatic carbocycles. The zero-order chi connectivity index (χ0) is 14.4. The molecule has 0 bridgehead atoms. The van der Waals surface area contributed by atoms with Crippen molar-refractivity contribution in [1.29, 1.82) is 0 Å². The minimum absolute atomic E-state index is 0.0317. The molecule has 1 aliphatic rings. The Hall–Kier alpha value is -1.06. The van der Waals surface area contributed by atoms with Crippen molar-refractivity contribution in [2.45, 2.75) is 59.4 Å². The lowest BCUT2D eigenvalue weighted by Gasteiger charge is -2.34.